The molecule has 0 spiro atoms. The van der Waals surface area contributed by atoms with Gasteiger partial charge in [0.25, 0.3) is 0 Å². The van der Waals surface area contributed by atoms with E-state index < -0.39 is 15.6 Å². The fourth-order valence-electron chi connectivity index (χ4n) is 3.40. The van der Waals surface area contributed by atoms with Crippen LogP contribution in [0.25, 0.3) is 11.1 Å². The van der Waals surface area contributed by atoms with Gasteiger partial charge >= 0.3 is 0 Å². The zero-order valence-corrected chi connectivity index (χ0v) is 16.9. The van der Waals surface area contributed by atoms with Crippen LogP contribution in [-0.4, -0.2) is 26.7 Å². The standard InChI is InChI=1S/C23H23NO4S/c1-23(25,20-9-7-18(8-10-20)17-5-3-2-4-6-17)16-24-29(26,27)21-11-12-22-19(15-21)13-14-28-22/h2-12,15,24-25H,13-14,16H2,1H3/t23-/m1/s1. The van der Waals surface area contributed by atoms with Crippen LogP contribution in [0.2, 0.25) is 0 Å². The highest BCUT2D eigenvalue weighted by Crippen LogP contribution is 2.28. The number of hydrogen-bond donors (Lipinski definition) is 2. The van der Waals surface area contributed by atoms with Crippen LogP contribution in [0, 0.1) is 0 Å². The summed E-state index contributed by atoms with van der Waals surface area (Å²) >= 11 is 0. The van der Waals surface area contributed by atoms with Gasteiger partial charge in [-0.05, 0) is 47.4 Å². The Morgan fingerprint density at radius 2 is 1.69 bits per heavy atom. The third kappa shape index (κ3) is 4.19. The van der Waals surface area contributed by atoms with E-state index in [1.54, 1.807) is 19.1 Å². The van der Waals surface area contributed by atoms with E-state index in [0.29, 0.717) is 18.6 Å². The summed E-state index contributed by atoms with van der Waals surface area (Å²) in [6.07, 6.45) is 0.699. The van der Waals surface area contributed by atoms with Crippen molar-refractivity contribution in [3.8, 4) is 16.9 Å². The van der Waals surface area contributed by atoms with E-state index in [9.17, 15) is 13.5 Å². The lowest BCUT2D eigenvalue weighted by Crippen LogP contribution is -2.38. The smallest absolute Gasteiger partial charge is 0.240 e. The lowest BCUT2D eigenvalue weighted by Gasteiger charge is -2.24. The van der Waals surface area contributed by atoms with Crippen molar-refractivity contribution in [2.24, 2.45) is 0 Å². The first-order valence-corrected chi connectivity index (χ1v) is 11.0. The Morgan fingerprint density at radius 1 is 1.00 bits per heavy atom. The number of rotatable bonds is 6. The van der Waals surface area contributed by atoms with E-state index >= 15 is 0 Å². The van der Waals surface area contributed by atoms with Crippen LogP contribution in [-0.2, 0) is 22.0 Å². The van der Waals surface area contributed by atoms with Crippen molar-refractivity contribution in [2.45, 2.75) is 23.8 Å². The monoisotopic (exact) mass is 409 g/mol. The first-order chi connectivity index (χ1) is 13.9. The van der Waals surface area contributed by atoms with E-state index in [2.05, 4.69) is 4.72 Å². The Morgan fingerprint density at radius 3 is 2.41 bits per heavy atom. The summed E-state index contributed by atoms with van der Waals surface area (Å²) in [6.45, 7) is 2.04. The van der Waals surface area contributed by atoms with Gasteiger partial charge in [-0.15, -0.1) is 0 Å². The number of fused-ring (bicyclic) bond motifs is 1. The van der Waals surface area contributed by atoms with Gasteiger partial charge in [-0.1, -0.05) is 54.6 Å². The highest BCUT2D eigenvalue weighted by Gasteiger charge is 2.27. The largest absolute Gasteiger partial charge is 0.493 e. The molecule has 1 atom stereocenters. The maximum atomic E-state index is 12.7. The van der Waals surface area contributed by atoms with E-state index in [0.717, 1.165) is 22.4 Å². The lowest BCUT2D eigenvalue weighted by molar-refractivity contribution is 0.0627. The molecule has 4 rings (SSSR count). The molecular formula is C23H23NO4S. The molecule has 3 aromatic carbocycles. The van der Waals surface area contributed by atoms with Crippen molar-refractivity contribution in [3.63, 3.8) is 0 Å². The molecule has 1 aliphatic rings. The van der Waals surface area contributed by atoms with Crippen LogP contribution in [0.1, 0.15) is 18.1 Å². The van der Waals surface area contributed by atoms with Gasteiger partial charge in [-0.3, -0.25) is 0 Å². The van der Waals surface area contributed by atoms with Gasteiger partial charge in [0.1, 0.15) is 11.4 Å². The third-order valence-electron chi connectivity index (χ3n) is 5.19. The van der Waals surface area contributed by atoms with Crippen molar-refractivity contribution >= 4 is 10.0 Å². The molecule has 0 bridgehead atoms. The van der Waals surface area contributed by atoms with Crippen molar-refractivity contribution in [1.82, 2.24) is 4.72 Å². The van der Waals surface area contributed by atoms with Gasteiger partial charge in [0.05, 0.1) is 11.5 Å². The third-order valence-corrected chi connectivity index (χ3v) is 6.59. The number of benzene rings is 3. The second kappa shape index (κ2) is 7.63. The fourth-order valence-corrected chi connectivity index (χ4v) is 4.59. The zero-order chi connectivity index (χ0) is 20.5. The van der Waals surface area contributed by atoms with Crippen molar-refractivity contribution in [1.29, 1.82) is 0 Å². The first kappa shape index (κ1) is 19.6. The van der Waals surface area contributed by atoms with Crippen molar-refractivity contribution in [2.75, 3.05) is 13.2 Å². The van der Waals surface area contributed by atoms with Crippen LogP contribution in [0.15, 0.2) is 77.7 Å². The minimum Gasteiger partial charge on any atom is -0.493 e. The SMILES string of the molecule is C[C@@](O)(CNS(=O)(=O)c1ccc2c(c1)CCO2)c1ccc(-c2ccccc2)cc1. The number of aliphatic hydroxyl groups is 1. The molecule has 2 N–H and O–H groups in total. The first-order valence-electron chi connectivity index (χ1n) is 9.49. The molecule has 3 aromatic rings. The van der Waals surface area contributed by atoms with Gasteiger partial charge in [0.2, 0.25) is 10.0 Å². The Balaban J connectivity index is 1.48. The molecule has 0 saturated heterocycles. The summed E-state index contributed by atoms with van der Waals surface area (Å²) in [5.74, 6) is 0.731. The van der Waals surface area contributed by atoms with Crippen LogP contribution in [0.4, 0.5) is 0 Å². The normalized spacial score (nSPS) is 15.4. The van der Waals surface area contributed by atoms with Crippen LogP contribution < -0.4 is 9.46 Å². The summed E-state index contributed by atoms with van der Waals surface area (Å²) in [4.78, 5) is 0.178. The maximum Gasteiger partial charge on any atom is 0.240 e. The lowest BCUT2D eigenvalue weighted by atomic mass is 9.94. The molecule has 0 aromatic heterocycles. The molecule has 0 saturated carbocycles. The van der Waals surface area contributed by atoms with Gasteiger partial charge in [-0.25, -0.2) is 13.1 Å². The topological polar surface area (TPSA) is 75.6 Å². The summed E-state index contributed by atoms with van der Waals surface area (Å²) in [6, 6.07) is 22.3. The molecule has 1 aliphatic heterocycles. The van der Waals surface area contributed by atoms with E-state index in [1.807, 2.05) is 54.6 Å². The van der Waals surface area contributed by atoms with E-state index in [-0.39, 0.29) is 11.4 Å². The number of ether oxygens (including phenoxy) is 1. The Hall–Kier alpha value is -2.67. The predicted octanol–water partition coefficient (Wildman–Crippen LogP) is 3.47. The zero-order valence-electron chi connectivity index (χ0n) is 16.1. The average Bonchev–Trinajstić information content (AvgIpc) is 3.21. The number of sulfonamides is 1. The van der Waals surface area contributed by atoms with E-state index in [4.69, 9.17) is 4.74 Å². The Kier molecular flexibility index (Phi) is 5.17. The average molecular weight is 410 g/mol. The van der Waals surface area contributed by atoms with Gasteiger partial charge in [0.15, 0.2) is 0 Å². The van der Waals surface area contributed by atoms with E-state index in [1.165, 1.54) is 6.07 Å². The molecular weight excluding hydrogens is 386 g/mol. The fraction of sp³-hybridized carbons (Fsp3) is 0.217. The Labute approximate surface area is 171 Å². The van der Waals surface area contributed by atoms with Gasteiger partial charge < -0.3 is 9.84 Å². The van der Waals surface area contributed by atoms with Crippen LogP contribution in [0.5, 0.6) is 5.75 Å². The summed E-state index contributed by atoms with van der Waals surface area (Å²) < 4.78 is 33.3. The number of hydrogen-bond acceptors (Lipinski definition) is 4. The molecule has 29 heavy (non-hydrogen) atoms. The highest BCUT2D eigenvalue weighted by atomic mass is 32.2. The Bertz CT molecular complexity index is 1110. The second-order valence-corrected chi connectivity index (χ2v) is 9.18. The molecule has 0 unspecified atom stereocenters. The van der Waals surface area contributed by atoms with Gasteiger partial charge in [-0.2, -0.15) is 0 Å². The molecule has 0 radical (unpaired) electrons. The minimum atomic E-state index is -3.74. The summed E-state index contributed by atoms with van der Waals surface area (Å²) in [7, 11) is -3.74. The molecule has 0 amide bonds. The molecule has 6 heteroatoms. The molecule has 150 valence electrons. The number of nitrogens with one attached hydrogen (secondary N) is 1. The molecule has 5 nitrogen and oxygen atoms in total. The van der Waals surface area contributed by atoms with Crippen LogP contribution in [0.3, 0.4) is 0 Å². The highest BCUT2D eigenvalue weighted by molar-refractivity contribution is 7.89. The van der Waals surface area contributed by atoms with Gasteiger partial charge in [0, 0.05) is 13.0 Å². The molecule has 1 heterocycles. The van der Waals surface area contributed by atoms with Crippen LogP contribution >= 0.6 is 0 Å². The van der Waals surface area contributed by atoms with Crippen molar-refractivity contribution in [3.05, 3.63) is 83.9 Å². The second-order valence-electron chi connectivity index (χ2n) is 7.41. The molecule has 0 aliphatic carbocycles. The quantitative estimate of drug-likeness (QED) is 0.654. The predicted molar refractivity (Wildman–Crippen MR) is 112 cm³/mol. The van der Waals surface area contributed by atoms with Crippen molar-refractivity contribution < 1.29 is 18.3 Å². The summed E-state index contributed by atoms with van der Waals surface area (Å²) in [5, 5.41) is 10.9. The minimum absolute atomic E-state index is 0.131. The summed E-state index contributed by atoms with van der Waals surface area (Å²) in [5.41, 5.74) is 2.30. The maximum absolute atomic E-state index is 12.7. The molecule has 0 fully saturated rings.